The zero-order valence-electron chi connectivity index (χ0n) is 12.5. The molecule has 1 fully saturated rings. The number of hydrogen-bond acceptors (Lipinski definition) is 3. The van der Waals surface area contributed by atoms with E-state index < -0.39 is 11.5 Å². The van der Waals surface area contributed by atoms with Gasteiger partial charge in [0.05, 0.1) is 0 Å². The van der Waals surface area contributed by atoms with E-state index in [-0.39, 0.29) is 11.8 Å². The van der Waals surface area contributed by atoms with E-state index in [0.29, 0.717) is 5.56 Å². The first-order valence-corrected chi connectivity index (χ1v) is 7.27. The van der Waals surface area contributed by atoms with Crippen molar-refractivity contribution in [1.82, 2.24) is 10.6 Å². The van der Waals surface area contributed by atoms with Crippen LogP contribution in [-0.4, -0.2) is 36.1 Å². The number of carboxylic acids is 1. The minimum absolute atomic E-state index is 0.0309. The largest absolute Gasteiger partial charge is 0.480 e. The van der Waals surface area contributed by atoms with Crippen LogP contribution in [0.15, 0.2) is 24.3 Å². The fourth-order valence-corrected chi connectivity index (χ4v) is 2.51. The monoisotopic (exact) mass is 290 g/mol. The number of likely N-dealkylation sites (N-methyl/N-ethyl adjacent to an activating group) is 1. The lowest BCUT2D eigenvalue weighted by atomic mass is 9.94. The lowest BCUT2D eigenvalue weighted by Crippen LogP contribution is -2.54. The Morgan fingerprint density at radius 1 is 1.33 bits per heavy atom. The molecule has 1 aliphatic carbocycles. The normalized spacial score (nSPS) is 17.0. The molecule has 1 aromatic rings. The van der Waals surface area contributed by atoms with Crippen LogP contribution in [0.1, 0.15) is 35.7 Å². The van der Waals surface area contributed by atoms with Gasteiger partial charge in [-0.25, -0.2) is 4.79 Å². The lowest BCUT2D eigenvalue weighted by molar-refractivity contribution is -0.144. The minimum atomic E-state index is -1.17. The summed E-state index contributed by atoms with van der Waals surface area (Å²) >= 11 is 0. The second-order valence-corrected chi connectivity index (χ2v) is 5.75. The maximum Gasteiger partial charge on any atom is 0.329 e. The molecule has 0 spiro atoms. The summed E-state index contributed by atoms with van der Waals surface area (Å²) in [7, 11) is 1.86. The molecule has 21 heavy (non-hydrogen) atoms. The van der Waals surface area contributed by atoms with Crippen LogP contribution in [0.25, 0.3) is 0 Å². The minimum Gasteiger partial charge on any atom is -0.480 e. The highest BCUT2D eigenvalue weighted by molar-refractivity contribution is 5.99. The van der Waals surface area contributed by atoms with Crippen molar-refractivity contribution in [3.63, 3.8) is 0 Å². The van der Waals surface area contributed by atoms with Crippen LogP contribution in [0.3, 0.4) is 0 Å². The first kappa shape index (κ1) is 15.5. The number of nitrogens with one attached hydrogen (secondary N) is 2. The van der Waals surface area contributed by atoms with Gasteiger partial charge in [0.1, 0.15) is 5.54 Å². The van der Waals surface area contributed by atoms with Gasteiger partial charge in [-0.1, -0.05) is 18.2 Å². The van der Waals surface area contributed by atoms with Gasteiger partial charge in [0.2, 0.25) is 0 Å². The molecule has 1 amide bonds. The average molecular weight is 290 g/mol. The highest BCUT2D eigenvalue weighted by atomic mass is 16.4. The van der Waals surface area contributed by atoms with Crippen molar-refractivity contribution in [3.8, 4) is 0 Å². The molecule has 1 saturated carbocycles. The van der Waals surface area contributed by atoms with Crippen LogP contribution < -0.4 is 10.6 Å². The average Bonchev–Trinajstić information content (AvgIpc) is 3.30. The van der Waals surface area contributed by atoms with Crippen molar-refractivity contribution in [3.05, 3.63) is 35.4 Å². The molecule has 5 heteroatoms. The lowest BCUT2D eigenvalue weighted by Gasteiger charge is -2.26. The van der Waals surface area contributed by atoms with Crippen LogP contribution in [0.2, 0.25) is 0 Å². The summed E-state index contributed by atoms with van der Waals surface area (Å²) in [6.07, 6.45) is 2.43. The molecule has 1 aromatic carbocycles. The summed E-state index contributed by atoms with van der Waals surface area (Å²) in [6.45, 7) is 2.37. The molecule has 0 heterocycles. The molecular weight excluding hydrogens is 268 g/mol. The zero-order valence-corrected chi connectivity index (χ0v) is 12.5. The SMILES string of the molecule is CNCCc1ccccc1C(=O)NC(C)(C(=O)O)C1CC1. The number of carboxylic acid groups (broad SMARTS) is 1. The number of carbonyl (C=O) groups is 2. The van der Waals surface area contributed by atoms with Gasteiger partial charge in [0.15, 0.2) is 0 Å². The molecule has 1 aliphatic rings. The highest BCUT2D eigenvalue weighted by Crippen LogP contribution is 2.39. The van der Waals surface area contributed by atoms with Crippen LogP contribution in [-0.2, 0) is 11.2 Å². The van der Waals surface area contributed by atoms with Gasteiger partial charge in [-0.15, -0.1) is 0 Å². The van der Waals surface area contributed by atoms with Gasteiger partial charge in [-0.05, 0) is 57.3 Å². The predicted octanol–water partition coefficient (Wildman–Crippen LogP) is 1.43. The summed E-state index contributed by atoms with van der Waals surface area (Å²) < 4.78 is 0. The second-order valence-electron chi connectivity index (χ2n) is 5.75. The Bertz CT molecular complexity index is 540. The first-order chi connectivity index (χ1) is 9.99. The second kappa shape index (κ2) is 6.26. The third kappa shape index (κ3) is 3.42. The van der Waals surface area contributed by atoms with Crippen molar-refractivity contribution in [2.24, 2.45) is 5.92 Å². The van der Waals surface area contributed by atoms with E-state index >= 15 is 0 Å². The number of hydrogen-bond donors (Lipinski definition) is 3. The predicted molar refractivity (Wildman–Crippen MR) is 80.3 cm³/mol. The Morgan fingerprint density at radius 3 is 2.57 bits per heavy atom. The van der Waals surface area contributed by atoms with Crippen LogP contribution in [0.4, 0.5) is 0 Å². The smallest absolute Gasteiger partial charge is 0.329 e. The quantitative estimate of drug-likeness (QED) is 0.710. The topological polar surface area (TPSA) is 78.4 Å². The number of rotatable bonds is 7. The molecule has 5 nitrogen and oxygen atoms in total. The molecule has 0 aromatic heterocycles. The molecule has 3 N–H and O–H groups in total. The molecule has 0 bridgehead atoms. The third-order valence-corrected chi connectivity index (χ3v) is 4.12. The van der Waals surface area contributed by atoms with Gasteiger partial charge in [-0.3, -0.25) is 4.79 Å². The Balaban J connectivity index is 2.18. The Kier molecular flexibility index (Phi) is 4.63. The number of carbonyl (C=O) groups excluding carboxylic acids is 1. The summed E-state index contributed by atoms with van der Waals surface area (Å²) in [6, 6.07) is 7.34. The fourth-order valence-electron chi connectivity index (χ4n) is 2.51. The van der Waals surface area contributed by atoms with E-state index in [1.165, 1.54) is 0 Å². The number of benzene rings is 1. The van der Waals surface area contributed by atoms with Crippen molar-refractivity contribution in [1.29, 1.82) is 0 Å². The molecule has 2 rings (SSSR count). The van der Waals surface area contributed by atoms with Crippen molar-refractivity contribution in [2.75, 3.05) is 13.6 Å². The van der Waals surface area contributed by atoms with Gasteiger partial charge in [-0.2, -0.15) is 0 Å². The van der Waals surface area contributed by atoms with Crippen LogP contribution >= 0.6 is 0 Å². The molecular formula is C16H22N2O3. The molecule has 0 radical (unpaired) electrons. The van der Waals surface area contributed by atoms with Crippen molar-refractivity contribution >= 4 is 11.9 Å². The van der Waals surface area contributed by atoms with Gasteiger partial charge < -0.3 is 15.7 Å². The highest BCUT2D eigenvalue weighted by Gasteiger charge is 2.48. The molecule has 0 aliphatic heterocycles. The van der Waals surface area contributed by atoms with Gasteiger partial charge in [0.25, 0.3) is 5.91 Å². The van der Waals surface area contributed by atoms with Gasteiger partial charge in [0, 0.05) is 5.56 Å². The van der Waals surface area contributed by atoms with Crippen LogP contribution in [0.5, 0.6) is 0 Å². The third-order valence-electron chi connectivity index (χ3n) is 4.12. The maximum atomic E-state index is 12.5. The van der Waals surface area contributed by atoms with Crippen LogP contribution in [0, 0.1) is 5.92 Å². The van der Waals surface area contributed by atoms with E-state index in [2.05, 4.69) is 10.6 Å². The zero-order chi connectivity index (χ0) is 15.5. The Labute approximate surface area is 124 Å². The Morgan fingerprint density at radius 2 is 2.00 bits per heavy atom. The molecule has 0 saturated heterocycles. The Hall–Kier alpha value is -1.88. The molecule has 1 atom stereocenters. The van der Waals surface area contributed by atoms with E-state index in [9.17, 15) is 14.7 Å². The van der Waals surface area contributed by atoms with E-state index in [4.69, 9.17) is 0 Å². The number of amides is 1. The maximum absolute atomic E-state index is 12.5. The van der Waals surface area contributed by atoms with Crippen molar-refractivity contribution in [2.45, 2.75) is 31.7 Å². The van der Waals surface area contributed by atoms with Gasteiger partial charge >= 0.3 is 5.97 Å². The standard InChI is InChI=1S/C16H22N2O3/c1-16(15(20)21,12-7-8-12)18-14(19)13-6-4-3-5-11(13)9-10-17-2/h3-6,12,17H,7-10H2,1-2H3,(H,18,19)(H,20,21). The summed E-state index contributed by atoms with van der Waals surface area (Å²) in [5, 5.41) is 15.2. The molecule has 1 unspecified atom stereocenters. The van der Waals surface area contributed by atoms with E-state index in [1.807, 2.05) is 19.2 Å². The first-order valence-electron chi connectivity index (χ1n) is 7.27. The fraction of sp³-hybridized carbons (Fsp3) is 0.500. The van der Waals surface area contributed by atoms with Crippen molar-refractivity contribution < 1.29 is 14.7 Å². The van der Waals surface area contributed by atoms with E-state index in [0.717, 1.165) is 31.4 Å². The number of aliphatic carboxylic acids is 1. The summed E-state index contributed by atoms with van der Waals surface area (Å²) in [4.78, 5) is 24.0. The van der Waals surface area contributed by atoms with E-state index in [1.54, 1.807) is 19.1 Å². The summed E-state index contributed by atoms with van der Waals surface area (Å²) in [5.41, 5.74) is 0.307. The summed E-state index contributed by atoms with van der Waals surface area (Å²) in [5.74, 6) is -1.24. The molecule has 114 valence electrons.